The number of nitrogens with one attached hydrogen (secondary N) is 1. The van der Waals surface area contributed by atoms with E-state index in [1.807, 2.05) is 23.8 Å². The summed E-state index contributed by atoms with van der Waals surface area (Å²) in [5.74, 6) is -0.397. The van der Waals surface area contributed by atoms with Gasteiger partial charge in [0.15, 0.2) is 0 Å². The number of thiophene rings is 1. The van der Waals surface area contributed by atoms with Gasteiger partial charge in [-0.25, -0.2) is 17.9 Å². The number of nitrogens with two attached hydrogens (primary N) is 1. The predicted molar refractivity (Wildman–Crippen MR) is 133 cm³/mol. The first kappa shape index (κ1) is 22.6. The summed E-state index contributed by atoms with van der Waals surface area (Å²) >= 11 is 2.17. The van der Waals surface area contributed by atoms with Crippen LogP contribution in [0.1, 0.15) is 4.88 Å². The normalized spacial score (nSPS) is 12.0. The highest BCUT2D eigenvalue weighted by Crippen LogP contribution is 2.40. The molecule has 0 aliphatic heterocycles. The molecule has 6 nitrogen and oxygen atoms in total. The van der Waals surface area contributed by atoms with Crippen LogP contribution in [0.3, 0.4) is 0 Å². The van der Waals surface area contributed by atoms with E-state index in [-0.39, 0.29) is 5.84 Å². The van der Waals surface area contributed by atoms with Gasteiger partial charge in [0, 0.05) is 16.5 Å². The van der Waals surface area contributed by atoms with E-state index in [1.54, 1.807) is 30.0 Å². The van der Waals surface area contributed by atoms with Crippen LogP contribution < -0.4 is 10.0 Å². The maximum Gasteiger partial charge on any atom is 0.266 e. The average Bonchev–Trinajstić information content (AvgIpc) is 3.42. The minimum absolute atomic E-state index is 0.0268. The molecule has 0 aliphatic carbocycles. The third-order valence-corrected chi connectivity index (χ3v) is 8.39. The fraction of sp³-hybridized carbons (Fsp3) is 0.0476. The molecule has 4 N–H and O–H groups in total. The van der Waals surface area contributed by atoms with Gasteiger partial charge >= 0.3 is 0 Å². The Labute approximate surface area is 198 Å². The zero-order chi connectivity index (χ0) is 22.8. The Balaban J connectivity index is 1.70. The second-order valence-electron chi connectivity index (χ2n) is 6.52. The van der Waals surface area contributed by atoms with E-state index in [0.29, 0.717) is 16.3 Å². The lowest BCUT2D eigenvalue weighted by molar-refractivity contribution is 0.564. The summed E-state index contributed by atoms with van der Waals surface area (Å²) in [5.41, 5.74) is 8.94. The van der Waals surface area contributed by atoms with Crippen molar-refractivity contribution >= 4 is 62.9 Å². The maximum absolute atomic E-state index is 13.3. The van der Waals surface area contributed by atoms with Crippen LogP contribution >= 0.6 is 34.4 Å². The number of thiazole rings is 1. The highest BCUT2D eigenvalue weighted by atomic mass is 32.2. The minimum Gasteiger partial charge on any atom is -0.383 e. The molecule has 4 rings (SSSR count). The Morgan fingerprint density at radius 3 is 2.62 bits per heavy atom. The summed E-state index contributed by atoms with van der Waals surface area (Å²) in [6.07, 6.45) is 1.97. The molecule has 0 saturated carbocycles. The Bertz CT molecular complexity index is 1300. The van der Waals surface area contributed by atoms with E-state index in [9.17, 15) is 13.2 Å². The molecular formula is C21H17FN4O2S4. The summed E-state index contributed by atoms with van der Waals surface area (Å²) in [5, 5.41) is 10.4. The molecule has 0 amide bonds. The number of anilines is 2. The molecule has 4 aromatic rings. The number of nitrogens with zero attached hydrogens (tertiary/aromatic N) is 2. The van der Waals surface area contributed by atoms with Crippen LogP contribution in [0.15, 0.2) is 64.2 Å². The lowest BCUT2D eigenvalue weighted by atomic mass is 10.1. The average molecular weight is 505 g/mol. The van der Waals surface area contributed by atoms with Crippen LogP contribution in [0.2, 0.25) is 0 Å². The largest absolute Gasteiger partial charge is 0.383 e. The summed E-state index contributed by atoms with van der Waals surface area (Å²) in [6.45, 7) is 0. The van der Waals surface area contributed by atoms with Crippen molar-refractivity contribution < 1.29 is 13.2 Å². The number of benzene rings is 2. The number of aromatic nitrogens is 1. The Morgan fingerprint density at radius 2 is 1.97 bits per heavy atom. The molecule has 1 atom stereocenters. The van der Waals surface area contributed by atoms with E-state index in [4.69, 9.17) is 16.1 Å². The first-order valence-electron chi connectivity index (χ1n) is 9.12. The van der Waals surface area contributed by atoms with E-state index < -0.39 is 17.1 Å². The number of rotatable bonds is 7. The third kappa shape index (κ3) is 4.62. The van der Waals surface area contributed by atoms with E-state index in [1.165, 1.54) is 51.2 Å². The van der Waals surface area contributed by atoms with Gasteiger partial charge < -0.3 is 5.73 Å². The summed E-state index contributed by atoms with van der Waals surface area (Å²) in [6, 6.07) is 14.4. The first-order chi connectivity index (χ1) is 15.4. The molecule has 0 radical (unpaired) electrons. The second-order valence-corrected chi connectivity index (χ2v) is 10.3. The lowest BCUT2D eigenvalue weighted by Crippen LogP contribution is -2.19. The molecular weight excluding hydrogens is 488 g/mol. The Kier molecular flexibility index (Phi) is 6.72. The zero-order valence-electron chi connectivity index (χ0n) is 16.6. The van der Waals surface area contributed by atoms with Crippen molar-refractivity contribution in [3.05, 3.63) is 70.7 Å². The predicted octanol–water partition coefficient (Wildman–Crippen LogP) is 5.96. The van der Waals surface area contributed by atoms with Gasteiger partial charge in [-0.3, -0.25) is 9.96 Å². The van der Waals surface area contributed by atoms with E-state index >= 15 is 0 Å². The van der Waals surface area contributed by atoms with Gasteiger partial charge in [0.25, 0.3) is 11.3 Å². The summed E-state index contributed by atoms with van der Waals surface area (Å²) in [4.78, 5) is 5.45. The molecule has 0 fully saturated rings. The second kappa shape index (κ2) is 9.51. The van der Waals surface area contributed by atoms with Crippen molar-refractivity contribution in [3.8, 4) is 21.8 Å². The lowest BCUT2D eigenvalue weighted by Gasteiger charge is -2.20. The molecule has 32 heavy (non-hydrogen) atoms. The smallest absolute Gasteiger partial charge is 0.266 e. The molecule has 0 bridgehead atoms. The number of hydrogen-bond donors (Lipinski definition) is 3. The molecule has 0 aliphatic rings. The van der Waals surface area contributed by atoms with Gasteiger partial charge in [-0.05, 0) is 48.7 Å². The topological polar surface area (TPSA) is 103 Å². The number of amidine groups is 1. The van der Waals surface area contributed by atoms with Gasteiger partial charge in [-0.1, -0.05) is 12.1 Å². The SMILES string of the molecule is CSc1sc(C(=N)N)cc1-c1nc(-c2cccc(N(c3ccc(F)cc3)S(=O)O)c2)cs1. The van der Waals surface area contributed by atoms with Crippen molar-refractivity contribution in [1.82, 2.24) is 4.98 Å². The Morgan fingerprint density at radius 1 is 1.22 bits per heavy atom. The Hall–Kier alpha value is -2.57. The van der Waals surface area contributed by atoms with Gasteiger partial charge in [-0.2, -0.15) is 0 Å². The van der Waals surface area contributed by atoms with Crippen LogP contribution in [0.5, 0.6) is 0 Å². The van der Waals surface area contributed by atoms with Crippen molar-refractivity contribution in [2.24, 2.45) is 5.73 Å². The van der Waals surface area contributed by atoms with Gasteiger partial charge in [0.2, 0.25) is 0 Å². The van der Waals surface area contributed by atoms with Crippen LogP contribution in [-0.2, 0) is 11.3 Å². The number of nitrogen functional groups attached to an aromatic ring is 1. The van der Waals surface area contributed by atoms with Gasteiger partial charge in [0.05, 0.1) is 26.2 Å². The fourth-order valence-electron chi connectivity index (χ4n) is 3.04. The van der Waals surface area contributed by atoms with Gasteiger partial charge in [-0.15, -0.1) is 34.4 Å². The zero-order valence-corrected chi connectivity index (χ0v) is 19.9. The number of halogens is 1. The highest BCUT2D eigenvalue weighted by molar-refractivity contribution is 8.00. The summed E-state index contributed by atoms with van der Waals surface area (Å²) in [7, 11) is 0. The first-order valence-corrected chi connectivity index (χ1v) is 13.1. The van der Waals surface area contributed by atoms with Crippen LogP contribution in [-0.4, -0.2) is 25.8 Å². The summed E-state index contributed by atoms with van der Waals surface area (Å²) < 4.78 is 37.5. The minimum atomic E-state index is -2.35. The van der Waals surface area contributed by atoms with Crippen LogP contribution in [0, 0.1) is 11.2 Å². The number of thioether (sulfide) groups is 1. The molecule has 0 spiro atoms. The molecule has 2 heterocycles. The van der Waals surface area contributed by atoms with Gasteiger partial charge in [0.1, 0.15) is 16.7 Å². The molecule has 2 aromatic carbocycles. The van der Waals surface area contributed by atoms with Crippen molar-refractivity contribution in [2.75, 3.05) is 10.6 Å². The van der Waals surface area contributed by atoms with Crippen LogP contribution in [0.25, 0.3) is 21.8 Å². The molecule has 1 unspecified atom stereocenters. The number of hydrogen-bond acceptors (Lipinski definition) is 6. The fourth-order valence-corrected chi connectivity index (χ4v) is 6.34. The van der Waals surface area contributed by atoms with Crippen molar-refractivity contribution in [1.29, 1.82) is 5.41 Å². The van der Waals surface area contributed by atoms with Crippen molar-refractivity contribution in [3.63, 3.8) is 0 Å². The third-order valence-electron chi connectivity index (χ3n) is 4.48. The van der Waals surface area contributed by atoms with Crippen LogP contribution in [0.4, 0.5) is 15.8 Å². The molecule has 11 heteroatoms. The standard InChI is InChI=1S/C21H17FN4O2S4/c1-29-21-16(10-18(31-21)19(23)24)20-25-17(11-30-20)12-3-2-4-15(9-12)26(32(27)28)14-7-5-13(22)6-8-14/h2-11H,1H3,(H3,23,24)(H,27,28). The van der Waals surface area contributed by atoms with E-state index in [2.05, 4.69) is 0 Å². The molecule has 0 saturated heterocycles. The van der Waals surface area contributed by atoms with E-state index in [0.717, 1.165) is 26.0 Å². The quantitative estimate of drug-likeness (QED) is 0.125. The molecule has 164 valence electrons. The van der Waals surface area contributed by atoms with Crippen molar-refractivity contribution in [2.45, 2.75) is 4.21 Å². The molecule has 2 aromatic heterocycles. The monoisotopic (exact) mass is 504 g/mol. The maximum atomic E-state index is 13.3. The highest BCUT2D eigenvalue weighted by Gasteiger charge is 2.18.